The summed E-state index contributed by atoms with van der Waals surface area (Å²) in [5, 5.41) is 14.0. The van der Waals surface area contributed by atoms with Crippen molar-refractivity contribution in [2.24, 2.45) is 5.92 Å². The molecule has 100 valence electrons. The zero-order chi connectivity index (χ0) is 13.2. The van der Waals surface area contributed by atoms with Gasteiger partial charge in [0.15, 0.2) is 0 Å². The lowest BCUT2D eigenvalue weighted by molar-refractivity contribution is 0.00493. The Bertz CT molecular complexity index is 422. The number of rotatable bonds is 3. The van der Waals surface area contributed by atoms with Gasteiger partial charge >= 0.3 is 0 Å². The van der Waals surface area contributed by atoms with Gasteiger partial charge in [-0.05, 0) is 47.5 Å². The molecule has 1 aromatic rings. The number of hydrogen-bond acceptors (Lipinski definition) is 4. The Morgan fingerprint density at radius 3 is 2.83 bits per heavy atom. The van der Waals surface area contributed by atoms with Crippen molar-refractivity contribution in [1.29, 1.82) is 0 Å². The van der Waals surface area contributed by atoms with Crippen molar-refractivity contribution < 1.29 is 5.11 Å². The van der Waals surface area contributed by atoms with E-state index in [1.165, 1.54) is 6.33 Å². The van der Waals surface area contributed by atoms with Crippen molar-refractivity contribution in [2.75, 3.05) is 11.9 Å². The first kappa shape index (κ1) is 14.0. The summed E-state index contributed by atoms with van der Waals surface area (Å²) >= 11 is 9.22. The van der Waals surface area contributed by atoms with E-state index >= 15 is 0 Å². The highest BCUT2D eigenvalue weighted by Gasteiger charge is 2.31. The first-order valence-corrected chi connectivity index (χ1v) is 7.29. The third-order valence-corrected chi connectivity index (χ3v) is 4.80. The molecule has 2 N–H and O–H groups in total. The SMILES string of the molecule is CC1CCC(O)(CNc2ncnc(Cl)c2Br)CC1. The molecule has 2 rings (SSSR count). The zero-order valence-electron chi connectivity index (χ0n) is 10.3. The second-order valence-electron chi connectivity index (χ2n) is 5.09. The summed E-state index contributed by atoms with van der Waals surface area (Å²) in [7, 11) is 0. The standard InChI is InChI=1S/C12H17BrClN3O/c1-8-2-4-12(18,5-3-8)6-15-11-9(13)10(14)16-7-17-11/h7-8,18H,2-6H2,1H3,(H,15,16,17). The van der Waals surface area contributed by atoms with E-state index in [1.54, 1.807) is 0 Å². The largest absolute Gasteiger partial charge is 0.388 e. The van der Waals surface area contributed by atoms with Crippen molar-refractivity contribution in [3.05, 3.63) is 16.0 Å². The van der Waals surface area contributed by atoms with Crippen molar-refractivity contribution in [3.8, 4) is 0 Å². The molecule has 1 saturated carbocycles. The molecule has 18 heavy (non-hydrogen) atoms. The van der Waals surface area contributed by atoms with Crippen LogP contribution < -0.4 is 5.32 Å². The van der Waals surface area contributed by atoms with E-state index in [2.05, 4.69) is 38.1 Å². The van der Waals surface area contributed by atoms with E-state index in [0.717, 1.165) is 25.7 Å². The van der Waals surface area contributed by atoms with Gasteiger partial charge in [0.1, 0.15) is 17.3 Å². The fourth-order valence-corrected chi connectivity index (χ4v) is 2.67. The number of anilines is 1. The molecule has 0 radical (unpaired) electrons. The van der Waals surface area contributed by atoms with Crippen molar-refractivity contribution in [3.63, 3.8) is 0 Å². The average molecular weight is 335 g/mol. The Hall–Kier alpha value is -0.390. The Morgan fingerprint density at radius 2 is 2.17 bits per heavy atom. The maximum atomic E-state index is 10.5. The number of nitrogens with one attached hydrogen (secondary N) is 1. The van der Waals surface area contributed by atoms with Gasteiger partial charge < -0.3 is 10.4 Å². The van der Waals surface area contributed by atoms with Crippen LogP contribution in [0.25, 0.3) is 0 Å². The molecule has 1 aliphatic carbocycles. The lowest BCUT2D eigenvalue weighted by atomic mass is 9.79. The maximum Gasteiger partial charge on any atom is 0.148 e. The van der Waals surface area contributed by atoms with Crippen LogP contribution in [0.5, 0.6) is 0 Å². The number of hydrogen-bond donors (Lipinski definition) is 2. The Kier molecular flexibility index (Phi) is 4.45. The molecule has 4 nitrogen and oxygen atoms in total. The van der Waals surface area contributed by atoms with E-state index < -0.39 is 5.60 Å². The molecule has 0 saturated heterocycles. The van der Waals surface area contributed by atoms with Crippen molar-refractivity contribution >= 4 is 33.3 Å². The van der Waals surface area contributed by atoms with E-state index in [9.17, 15) is 5.11 Å². The Morgan fingerprint density at radius 1 is 1.50 bits per heavy atom. The van der Waals surface area contributed by atoms with Gasteiger partial charge in [0.05, 0.1) is 10.1 Å². The normalized spacial score (nSPS) is 28.1. The van der Waals surface area contributed by atoms with Crippen LogP contribution in [-0.4, -0.2) is 27.2 Å². The summed E-state index contributed by atoms with van der Waals surface area (Å²) in [4.78, 5) is 7.97. The highest BCUT2D eigenvalue weighted by Crippen LogP contribution is 2.33. The average Bonchev–Trinajstić information content (AvgIpc) is 2.35. The molecule has 1 heterocycles. The van der Waals surface area contributed by atoms with Gasteiger partial charge in [0.2, 0.25) is 0 Å². The van der Waals surface area contributed by atoms with Gasteiger partial charge in [-0.3, -0.25) is 0 Å². The molecule has 1 aliphatic rings. The molecule has 0 unspecified atom stereocenters. The number of aromatic nitrogens is 2. The summed E-state index contributed by atoms with van der Waals surface area (Å²) in [5.74, 6) is 1.34. The lowest BCUT2D eigenvalue weighted by Crippen LogP contribution is -2.40. The van der Waals surface area contributed by atoms with Crippen LogP contribution in [0.3, 0.4) is 0 Å². The first-order valence-electron chi connectivity index (χ1n) is 6.12. The Labute approximate surface area is 120 Å². The van der Waals surface area contributed by atoms with Gasteiger partial charge in [-0.1, -0.05) is 18.5 Å². The first-order chi connectivity index (χ1) is 8.50. The highest BCUT2D eigenvalue weighted by atomic mass is 79.9. The molecule has 1 fully saturated rings. The summed E-state index contributed by atoms with van der Waals surface area (Å²) < 4.78 is 0.638. The Balaban J connectivity index is 1.97. The molecular weight excluding hydrogens is 318 g/mol. The molecule has 0 aromatic carbocycles. The number of nitrogens with zero attached hydrogens (tertiary/aromatic N) is 2. The summed E-state index contributed by atoms with van der Waals surface area (Å²) in [6.45, 7) is 2.72. The third kappa shape index (κ3) is 3.33. The van der Waals surface area contributed by atoms with Crippen molar-refractivity contribution in [2.45, 2.75) is 38.2 Å². The lowest BCUT2D eigenvalue weighted by Gasteiger charge is -2.35. The van der Waals surface area contributed by atoms with E-state index in [-0.39, 0.29) is 0 Å². The van der Waals surface area contributed by atoms with Crippen molar-refractivity contribution in [1.82, 2.24) is 9.97 Å². The topological polar surface area (TPSA) is 58.0 Å². The minimum absolute atomic E-state index is 0.372. The second kappa shape index (κ2) is 5.72. The number of aliphatic hydroxyl groups is 1. The molecule has 0 atom stereocenters. The summed E-state index contributed by atoms with van der Waals surface area (Å²) in [6.07, 6.45) is 5.21. The predicted molar refractivity (Wildman–Crippen MR) is 75.8 cm³/mol. The fourth-order valence-electron chi connectivity index (χ4n) is 2.20. The van der Waals surface area contributed by atoms with Gasteiger partial charge in [0.25, 0.3) is 0 Å². The predicted octanol–water partition coefficient (Wildman–Crippen LogP) is 3.25. The van der Waals surface area contributed by atoms with Crippen LogP contribution in [0, 0.1) is 5.92 Å². The molecule has 0 bridgehead atoms. The van der Waals surface area contributed by atoms with Gasteiger partial charge in [-0.25, -0.2) is 9.97 Å². The van der Waals surface area contributed by atoms with Crippen LogP contribution in [0.1, 0.15) is 32.6 Å². The third-order valence-electron chi connectivity index (χ3n) is 3.54. The van der Waals surface area contributed by atoms with Crippen LogP contribution in [0.4, 0.5) is 5.82 Å². The summed E-state index contributed by atoms with van der Waals surface area (Å²) in [5.41, 5.74) is -0.636. The molecule has 0 aliphatic heterocycles. The van der Waals surface area contributed by atoms with Gasteiger partial charge in [-0.15, -0.1) is 0 Å². The van der Waals surface area contributed by atoms with Crippen LogP contribution in [0.2, 0.25) is 5.15 Å². The number of halogens is 2. The van der Waals surface area contributed by atoms with E-state index in [0.29, 0.717) is 27.9 Å². The molecule has 1 aromatic heterocycles. The van der Waals surface area contributed by atoms with E-state index in [4.69, 9.17) is 11.6 Å². The fraction of sp³-hybridized carbons (Fsp3) is 0.667. The quantitative estimate of drug-likeness (QED) is 0.833. The summed E-state index contributed by atoms with van der Waals surface area (Å²) in [6, 6.07) is 0. The smallest absolute Gasteiger partial charge is 0.148 e. The van der Waals surface area contributed by atoms with Crippen LogP contribution in [-0.2, 0) is 0 Å². The highest BCUT2D eigenvalue weighted by molar-refractivity contribution is 9.10. The molecular formula is C12H17BrClN3O. The minimum atomic E-state index is -0.636. The van der Waals surface area contributed by atoms with Crippen LogP contribution >= 0.6 is 27.5 Å². The van der Waals surface area contributed by atoms with Gasteiger partial charge in [-0.2, -0.15) is 0 Å². The minimum Gasteiger partial charge on any atom is -0.388 e. The van der Waals surface area contributed by atoms with E-state index in [1.807, 2.05) is 0 Å². The second-order valence-corrected chi connectivity index (χ2v) is 6.24. The molecule has 0 spiro atoms. The van der Waals surface area contributed by atoms with Gasteiger partial charge in [0, 0.05) is 6.54 Å². The zero-order valence-corrected chi connectivity index (χ0v) is 12.6. The molecule has 0 amide bonds. The van der Waals surface area contributed by atoms with Crippen LogP contribution in [0.15, 0.2) is 10.8 Å². The monoisotopic (exact) mass is 333 g/mol. The molecule has 6 heteroatoms. The maximum absolute atomic E-state index is 10.5.